The molecule has 0 aliphatic carbocycles. The Labute approximate surface area is 121 Å². The molecule has 0 aliphatic heterocycles. The molecular weight excluding hydrogens is 287 g/mol. The lowest BCUT2D eigenvalue weighted by Gasteiger charge is -2.16. The van der Waals surface area contributed by atoms with Gasteiger partial charge in [-0.2, -0.15) is 5.10 Å². The molecule has 6 heteroatoms. The maximum absolute atomic E-state index is 10.5. The summed E-state index contributed by atoms with van der Waals surface area (Å²) in [5.74, 6) is 0.519. The number of nitrogens with zero attached hydrogens (tertiary/aromatic N) is 2. The molecule has 0 spiro atoms. The topological polar surface area (TPSA) is 47.3 Å². The van der Waals surface area contributed by atoms with Gasteiger partial charge < -0.3 is 9.84 Å². The average molecular weight is 301 g/mol. The molecule has 0 bridgehead atoms. The van der Waals surface area contributed by atoms with Crippen LogP contribution in [0.15, 0.2) is 24.4 Å². The number of ether oxygens (including phenoxy) is 1. The molecule has 0 saturated heterocycles. The predicted molar refractivity (Wildman–Crippen MR) is 75.0 cm³/mol. The van der Waals surface area contributed by atoms with Gasteiger partial charge in [-0.25, -0.2) is 0 Å². The lowest BCUT2D eigenvalue weighted by Crippen LogP contribution is -2.10. The molecule has 2 aromatic rings. The summed E-state index contributed by atoms with van der Waals surface area (Å²) in [6, 6.07) is 4.97. The third-order valence-electron chi connectivity index (χ3n) is 2.88. The van der Waals surface area contributed by atoms with E-state index in [0.717, 1.165) is 0 Å². The van der Waals surface area contributed by atoms with Crippen molar-refractivity contribution in [3.8, 4) is 5.75 Å². The molecule has 0 aliphatic rings. The first-order valence-corrected chi connectivity index (χ1v) is 6.56. The van der Waals surface area contributed by atoms with Gasteiger partial charge in [-0.1, -0.05) is 23.2 Å². The van der Waals surface area contributed by atoms with Crippen LogP contribution in [0.2, 0.25) is 10.0 Å². The fraction of sp³-hybridized carbons (Fsp3) is 0.308. The molecular formula is C13H14Cl2N2O2. The summed E-state index contributed by atoms with van der Waals surface area (Å²) < 4.78 is 6.89. The Morgan fingerprint density at radius 3 is 2.79 bits per heavy atom. The molecule has 1 N–H and O–H groups in total. The first-order valence-electron chi connectivity index (χ1n) is 5.81. The van der Waals surface area contributed by atoms with Crippen LogP contribution in [-0.4, -0.2) is 22.0 Å². The summed E-state index contributed by atoms with van der Waals surface area (Å²) in [5, 5.41) is 15.6. The molecule has 19 heavy (non-hydrogen) atoms. The van der Waals surface area contributed by atoms with E-state index in [4.69, 9.17) is 27.9 Å². The SMILES string of the molecule is CCn1ncc(OC)c1C(O)c1cc(Cl)ccc1Cl. The van der Waals surface area contributed by atoms with Crippen molar-refractivity contribution in [2.75, 3.05) is 7.11 Å². The van der Waals surface area contributed by atoms with Crippen molar-refractivity contribution in [3.05, 3.63) is 45.7 Å². The quantitative estimate of drug-likeness (QED) is 0.942. The van der Waals surface area contributed by atoms with Crippen molar-refractivity contribution in [2.24, 2.45) is 0 Å². The molecule has 1 aromatic heterocycles. The van der Waals surface area contributed by atoms with Crippen LogP contribution in [0.4, 0.5) is 0 Å². The highest BCUT2D eigenvalue weighted by atomic mass is 35.5. The smallest absolute Gasteiger partial charge is 0.163 e. The largest absolute Gasteiger partial charge is 0.493 e. The van der Waals surface area contributed by atoms with Crippen LogP contribution in [0, 0.1) is 0 Å². The number of benzene rings is 1. The van der Waals surface area contributed by atoms with Gasteiger partial charge in [-0.15, -0.1) is 0 Å². The molecule has 1 heterocycles. The van der Waals surface area contributed by atoms with Gasteiger partial charge >= 0.3 is 0 Å². The number of aromatic nitrogens is 2. The van der Waals surface area contributed by atoms with E-state index in [1.54, 1.807) is 29.1 Å². The molecule has 102 valence electrons. The molecule has 1 aromatic carbocycles. The first kappa shape index (κ1) is 14.2. The minimum atomic E-state index is -0.941. The molecule has 4 nitrogen and oxygen atoms in total. The summed E-state index contributed by atoms with van der Waals surface area (Å²) in [6.45, 7) is 2.55. The van der Waals surface area contributed by atoms with Crippen molar-refractivity contribution >= 4 is 23.2 Å². The second-order valence-corrected chi connectivity index (χ2v) is 4.83. The van der Waals surface area contributed by atoms with E-state index in [2.05, 4.69) is 5.10 Å². The third-order valence-corrected chi connectivity index (χ3v) is 3.46. The van der Waals surface area contributed by atoms with E-state index in [1.165, 1.54) is 7.11 Å². The number of rotatable bonds is 4. The molecule has 0 amide bonds. The van der Waals surface area contributed by atoms with Crippen LogP contribution in [0.3, 0.4) is 0 Å². The van der Waals surface area contributed by atoms with E-state index in [1.807, 2.05) is 6.92 Å². The van der Waals surface area contributed by atoms with E-state index in [0.29, 0.717) is 33.6 Å². The fourth-order valence-electron chi connectivity index (χ4n) is 1.93. The van der Waals surface area contributed by atoms with Crippen molar-refractivity contribution in [1.29, 1.82) is 0 Å². The maximum atomic E-state index is 10.5. The number of halogens is 2. The number of aliphatic hydroxyl groups is 1. The molecule has 2 rings (SSSR count). The van der Waals surface area contributed by atoms with Crippen LogP contribution in [-0.2, 0) is 6.54 Å². The monoisotopic (exact) mass is 300 g/mol. The Morgan fingerprint density at radius 2 is 2.16 bits per heavy atom. The molecule has 0 fully saturated rings. The van der Waals surface area contributed by atoms with Gasteiger partial charge in [0, 0.05) is 22.2 Å². The highest BCUT2D eigenvalue weighted by molar-refractivity contribution is 6.33. The lowest BCUT2D eigenvalue weighted by atomic mass is 10.1. The second kappa shape index (κ2) is 5.82. The molecule has 0 saturated carbocycles. The zero-order chi connectivity index (χ0) is 14.0. The molecule has 0 radical (unpaired) electrons. The van der Waals surface area contributed by atoms with Crippen LogP contribution >= 0.6 is 23.2 Å². The van der Waals surface area contributed by atoms with Gasteiger partial charge in [-0.3, -0.25) is 4.68 Å². The minimum Gasteiger partial charge on any atom is -0.493 e. The summed E-state index contributed by atoms with van der Waals surface area (Å²) >= 11 is 12.1. The van der Waals surface area contributed by atoms with E-state index in [-0.39, 0.29) is 0 Å². The van der Waals surface area contributed by atoms with Gasteiger partial charge in [0.15, 0.2) is 5.75 Å². The second-order valence-electron chi connectivity index (χ2n) is 3.98. The summed E-state index contributed by atoms with van der Waals surface area (Å²) in [7, 11) is 1.53. The Hall–Kier alpha value is -1.23. The van der Waals surface area contributed by atoms with Crippen LogP contribution in [0.5, 0.6) is 5.75 Å². The average Bonchev–Trinajstić information content (AvgIpc) is 2.83. The van der Waals surface area contributed by atoms with Gasteiger partial charge in [0.05, 0.1) is 13.3 Å². The first-order chi connectivity index (χ1) is 9.08. The highest BCUT2D eigenvalue weighted by Crippen LogP contribution is 2.34. The molecule has 1 unspecified atom stereocenters. The Balaban J connectivity index is 2.51. The van der Waals surface area contributed by atoms with Gasteiger partial charge in [0.1, 0.15) is 11.8 Å². The van der Waals surface area contributed by atoms with Crippen LogP contribution in [0.1, 0.15) is 24.3 Å². The number of methoxy groups -OCH3 is 1. The highest BCUT2D eigenvalue weighted by Gasteiger charge is 2.23. The van der Waals surface area contributed by atoms with Crippen molar-refractivity contribution in [1.82, 2.24) is 9.78 Å². The maximum Gasteiger partial charge on any atom is 0.163 e. The lowest BCUT2D eigenvalue weighted by molar-refractivity contribution is 0.202. The normalized spacial score (nSPS) is 12.5. The Kier molecular flexibility index (Phi) is 4.34. The van der Waals surface area contributed by atoms with Gasteiger partial charge in [-0.05, 0) is 25.1 Å². The zero-order valence-corrected chi connectivity index (χ0v) is 12.1. The third kappa shape index (κ3) is 2.71. The summed E-state index contributed by atoms with van der Waals surface area (Å²) in [6.07, 6.45) is 0.629. The Bertz CT molecular complexity index is 563. The number of aliphatic hydroxyl groups excluding tert-OH is 1. The van der Waals surface area contributed by atoms with Crippen molar-refractivity contribution in [3.63, 3.8) is 0 Å². The van der Waals surface area contributed by atoms with Crippen LogP contribution in [0.25, 0.3) is 0 Å². The van der Waals surface area contributed by atoms with Crippen molar-refractivity contribution < 1.29 is 9.84 Å². The van der Waals surface area contributed by atoms with Crippen molar-refractivity contribution in [2.45, 2.75) is 19.6 Å². The fourth-order valence-corrected chi connectivity index (χ4v) is 2.34. The predicted octanol–water partition coefficient (Wildman–Crippen LogP) is 3.30. The molecule has 1 atom stereocenters. The number of hydrogen-bond donors (Lipinski definition) is 1. The number of hydrogen-bond acceptors (Lipinski definition) is 3. The Morgan fingerprint density at radius 1 is 1.42 bits per heavy atom. The van der Waals surface area contributed by atoms with E-state index >= 15 is 0 Å². The van der Waals surface area contributed by atoms with E-state index in [9.17, 15) is 5.11 Å². The van der Waals surface area contributed by atoms with Gasteiger partial charge in [0.25, 0.3) is 0 Å². The standard InChI is InChI=1S/C13H14Cl2N2O2/c1-3-17-12(11(19-2)7-16-17)13(18)9-6-8(14)4-5-10(9)15/h4-7,13,18H,3H2,1-2H3. The van der Waals surface area contributed by atoms with Crippen LogP contribution < -0.4 is 4.74 Å². The summed E-state index contributed by atoms with van der Waals surface area (Å²) in [5.41, 5.74) is 1.09. The van der Waals surface area contributed by atoms with E-state index < -0.39 is 6.10 Å². The minimum absolute atomic E-state index is 0.447. The summed E-state index contributed by atoms with van der Waals surface area (Å²) in [4.78, 5) is 0. The number of aryl methyl sites for hydroxylation is 1. The van der Waals surface area contributed by atoms with Gasteiger partial charge in [0.2, 0.25) is 0 Å². The zero-order valence-electron chi connectivity index (χ0n) is 10.6.